The summed E-state index contributed by atoms with van der Waals surface area (Å²) in [6, 6.07) is 30.8. The molecule has 0 aromatic heterocycles. The van der Waals surface area contributed by atoms with Crippen molar-refractivity contribution in [3.63, 3.8) is 0 Å². The first-order valence-electron chi connectivity index (χ1n) is 9.76. The van der Waals surface area contributed by atoms with E-state index in [9.17, 15) is 14.7 Å². The van der Waals surface area contributed by atoms with Gasteiger partial charge in [-0.1, -0.05) is 91.0 Å². The second-order valence-electron chi connectivity index (χ2n) is 7.15. The molecule has 0 fully saturated rings. The van der Waals surface area contributed by atoms with Crippen molar-refractivity contribution in [3.8, 4) is 0 Å². The van der Waals surface area contributed by atoms with Crippen molar-refractivity contribution in [2.24, 2.45) is 0 Å². The van der Waals surface area contributed by atoms with Crippen LogP contribution in [0.5, 0.6) is 0 Å². The molecule has 0 aliphatic rings. The van der Waals surface area contributed by atoms with Gasteiger partial charge in [0.1, 0.15) is 6.04 Å². The van der Waals surface area contributed by atoms with Crippen molar-refractivity contribution in [3.05, 3.63) is 120 Å². The molecule has 4 heteroatoms. The maximum atomic E-state index is 13.0. The number of aliphatic carboxylic acids is 1. The summed E-state index contributed by atoms with van der Waals surface area (Å²) in [5.41, 5.74) is 2.09. The molecule has 148 valence electrons. The SMILES string of the molecule is O=C(N[C@H](C(=O)O)C(c1ccccc1)c1ccccc1)c1ccc2ccccc2c1. The first kappa shape index (κ1) is 19.4. The molecule has 0 bridgehead atoms. The van der Waals surface area contributed by atoms with Crippen LogP contribution in [0.15, 0.2) is 103 Å². The van der Waals surface area contributed by atoms with Gasteiger partial charge in [-0.2, -0.15) is 0 Å². The first-order valence-corrected chi connectivity index (χ1v) is 9.76. The Kier molecular flexibility index (Phi) is 5.57. The number of carbonyl (C=O) groups is 2. The fraction of sp³-hybridized carbons (Fsp3) is 0.0769. The van der Waals surface area contributed by atoms with E-state index < -0.39 is 23.8 Å². The highest BCUT2D eigenvalue weighted by Gasteiger charge is 2.32. The number of hydrogen-bond acceptors (Lipinski definition) is 2. The number of nitrogens with one attached hydrogen (secondary N) is 1. The van der Waals surface area contributed by atoms with Crippen LogP contribution >= 0.6 is 0 Å². The van der Waals surface area contributed by atoms with E-state index in [0.29, 0.717) is 5.56 Å². The average molecular weight is 395 g/mol. The van der Waals surface area contributed by atoms with Gasteiger partial charge in [0.15, 0.2) is 0 Å². The zero-order chi connectivity index (χ0) is 20.9. The number of carbonyl (C=O) groups excluding carboxylic acids is 1. The van der Waals surface area contributed by atoms with Crippen molar-refractivity contribution in [1.82, 2.24) is 5.32 Å². The number of carboxylic acid groups (broad SMARTS) is 1. The molecule has 0 unspecified atom stereocenters. The summed E-state index contributed by atoms with van der Waals surface area (Å²) in [6.07, 6.45) is 0. The van der Waals surface area contributed by atoms with Gasteiger partial charge in [0.25, 0.3) is 5.91 Å². The van der Waals surface area contributed by atoms with E-state index in [1.165, 1.54) is 0 Å². The van der Waals surface area contributed by atoms with Gasteiger partial charge in [-0.15, -0.1) is 0 Å². The second kappa shape index (κ2) is 8.62. The average Bonchev–Trinajstić information content (AvgIpc) is 2.79. The van der Waals surface area contributed by atoms with Crippen molar-refractivity contribution in [2.45, 2.75) is 12.0 Å². The van der Waals surface area contributed by atoms with E-state index in [1.807, 2.05) is 91.0 Å². The molecular formula is C26H21NO3. The second-order valence-corrected chi connectivity index (χ2v) is 7.15. The highest BCUT2D eigenvalue weighted by molar-refractivity contribution is 6.00. The largest absolute Gasteiger partial charge is 0.480 e. The lowest BCUT2D eigenvalue weighted by atomic mass is 9.85. The van der Waals surface area contributed by atoms with Gasteiger partial charge >= 0.3 is 5.97 Å². The van der Waals surface area contributed by atoms with Gasteiger partial charge in [-0.25, -0.2) is 4.79 Å². The van der Waals surface area contributed by atoms with Crippen LogP contribution in [0.3, 0.4) is 0 Å². The number of amides is 1. The van der Waals surface area contributed by atoms with E-state index in [4.69, 9.17) is 0 Å². The summed E-state index contributed by atoms with van der Waals surface area (Å²) in [5, 5.41) is 14.7. The standard InChI is InChI=1S/C26H21NO3/c28-25(22-16-15-18-9-7-8-14-21(18)17-22)27-24(26(29)30)23(19-10-3-1-4-11-19)20-12-5-2-6-13-20/h1-17,23-24H,(H,27,28)(H,29,30)/t24-/m0/s1. The fourth-order valence-electron chi connectivity index (χ4n) is 3.74. The minimum atomic E-state index is -1.12. The molecule has 1 amide bonds. The van der Waals surface area contributed by atoms with E-state index in [1.54, 1.807) is 12.1 Å². The monoisotopic (exact) mass is 395 g/mol. The lowest BCUT2D eigenvalue weighted by Gasteiger charge is -2.26. The minimum absolute atomic E-state index is 0.412. The maximum Gasteiger partial charge on any atom is 0.327 e. The van der Waals surface area contributed by atoms with Crippen molar-refractivity contribution >= 4 is 22.6 Å². The number of benzene rings is 4. The fourth-order valence-corrected chi connectivity index (χ4v) is 3.74. The number of rotatable bonds is 6. The Balaban J connectivity index is 1.70. The van der Waals surface area contributed by atoms with E-state index >= 15 is 0 Å². The molecule has 0 heterocycles. The van der Waals surface area contributed by atoms with Crippen LogP contribution in [0.1, 0.15) is 27.4 Å². The summed E-state index contributed by atoms with van der Waals surface area (Å²) in [6.45, 7) is 0. The molecule has 0 aliphatic carbocycles. The van der Waals surface area contributed by atoms with Gasteiger partial charge in [0, 0.05) is 11.5 Å². The number of fused-ring (bicyclic) bond motifs is 1. The van der Waals surface area contributed by atoms with Gasteiger partial charge in [0.05, 0.1) is 0 Å². The Morgan fingerprint density at radius 3 is 1.77 bits per heavy atom. The lowest BCUT2D eigenvalue weighted by Crippen LogP contribution is -2.45. The van der Waals surface area contributed by atoms with Crippen LogP contribution < -0.4 is 5.32 Å². The minimum Gasteiger partial charge on any atom is -0.480 e. The molecular weight excluding hydrogens is 374 g/mol. The topological polar surface area (TPSA) is 66.4 Å². The molecule has 0 saturated carbocycles. The molecule has 0 spiro atoms. The van der Waals surface area contributed by atoms with Gasteiger partial charge in [0.2, 0.25) is 0 Å². The summed E-state index contributed by atoms with van der Waals surface area (Å²) in [7, 11) is 0. The van der Waals surface area contributed by atoms with Crippen LogP contribution in [-0.4, -0.2) is 23.0 Å². The lowest BCUT2D eigenvalue weighted by molar-refractivity contribution is -0.139. The van der Waals surface area contributed by atoms with Crippen molar-refractivity contribution < 1.29 is 14.7 Å². The van der Waals surface area contributed by atoms with Crippen molar-refractivity contribution in [2.75, 3.05) is 0 Å². The highest BCUT2D eigenvalue weighted by atomic mass is 16.4. The molecule has 4 rings (SSSR count). The third-order valence-corrected chi connectivity index (χ3v) is 5.22. The van der Waals surface area contributed by atoms with E-state index in [2.05, 4.69) is 5.32 Å². The van der Waals surface area contributed by atoms with Gasteiger partial charge < -0.3 is 10.4 Å². The van der Waals surface area contributed by atoms with Gasteiger partial charge in [-0.3, -0.25) is 4.79 Å². The Morgan fingerprint density at radius 1 is 0.667 bits per heavy atom. The molecule has 0 saturated heterocycles. The van der Waals surface area contributed by atoms with Crippen molar-refractivity contribution in [1.29, 1.82) is 0 Å². The Labute approximate surface area is 174 Å². The Morgan fingerprint density at radius 2 is 1.20 bits per heavy atom. The maximum absolute atomic E-state index is 13.0. The quantitative estimate of drug-likeness (QED) is 0.490. The van der Waals surface area contributed by atoms with Crippen LogP contribution in [0, 0.1) is 0 Å². The molecule has 1 atom stereocenters. The molecule has 30 heavy (non-hydrogen) atoms. The third kappa shape index (κ3) is 4.08. The predicted molar refractivity (Wildman–Crippen MR) is 118 cm³/mol. The normalized spacial score (nSPS) is 11.9. The Bertz CT molecular complexity index is 1130. The van der Waals surface area contributed by atoms with E-state index in [-0.39, 0.29) is 0 Å². The smallest absolute Gasteiger partial charge is 0.327 e. The molecule has 4 aromatic rings. The number of carboxylic acids is 1. The van der Waals surface area contributed by atoms with Crippen LogP contribution in [-0.2, 0) is 4.79 Å². The number of hydrogen-bond donors (Lipinski definition) is 2. The molecule has 4 aromatic carbocycles. The van der Waals surface area contributed by atoms with E-state index in [0.717, 1.165) is 21.9 Å². The predicted octanol–water partition coefficient (Wildman–Crippen LogP) is 4.85. The molecule has 2 N–H and O–H groups in total. The van der Waals surface area contributed by atoms with Gasteiger partial charge in [-0.05, 0) is 34.0 Å². The molecule has 0 aliphatic heterocycles. The van der Waals surface area contributed by atoms with Crippen LogP contribution in [0.4, 0.5) is 0 Å². The summed E-state index contributed by atoms with van der Waals surface area (Å²) in [5.74, 6) is -2.01. The zero-order valence-corrected chi connectivity index (χ0v) is 16.2. The van der Waals surface area contributed by atoms with Crippen LogP contribution in [0.25, 0.3) is 10.8 Å². The highest BCUT2D eigenvalue weighted by Crippen LogP contribution is 2.29. The first-order chi connectivity index (χ1) is 14.6. The third-order valence-electron chi connectivity index (χ3n) is 5.22. The van der Waals surface area contributed by atoms with Crippen LogP contribution in [0.2, 0.25) is 0 Å². The molecule has 0 radical (unpaired) electrons. The summed E-state index contributed by atoms with van der Waals surface area (Å²) < 4.78 is 0. The summed E-state index contributed by atoms with van der Waals surface area (Å²) >= 11 is 0. The Hall–Kier alpha value is -3.92. The summed E-state index contributed by atoms with van der Waals surface area (Å²) in [4.78, 5) is 25.2. The molecule has 4 nitrogen and oxygen atoms in total. The zero-order valence-electron chi connectivity index (χ0n) is 16.2.